The summed E-state index contributed by atoms with van der Waals surface area (Å²) in [6.07, 6.45) is 2.71. The quantitative estimate of drug-likeness (QED) is 0.591. The van der Waals surface area contributed by atoms with Crippen LogP contribution in [0.5, 0.6) is 0 Å². The third-order valence-corrected chi connectivity index (χ3v) is 2.29. The smallest absolute Gasteiger partial charge is 0.217 e. The number of carbonyl (C=O) groups is 1. The van der Waals surface area contributed by atoms with Gasteiger partial charge in [0.05, 0.1) is 6.07 Å². The Bertz CT molecular complexity index is 230. The van der Waals surface area contributed by atoms with E-state index in [2.05, 4.69) is 25.2 Å². The summed E-state index contributed by atoms with van der Waals surface area (Å²) >= 11 is 0. The van der Waals surface area contributed by atoms with E-state index in [0.29, 0.717) is 12.8 Å². The van der Waals surface area contributed by atoms with Crippen LogP contribution < -0.4 is 11.1 Å². The minimum absolute atomic E-state index is 0.141. The monoisotopic (exact) mass is 211 g/mol. The SMILES string of the molecule is CC(C)(CCC#N)CNCCCC(N)=O. The van der Waals surface area contributed by atoms with E-state index in [1.165, 1.54) is 0 Å². The minimum atomic E-state index is -0.249. The van der Waals surface area contributed by atoms with Crippen molar-refractivity contribution in [1.29, 1.82) is 5.26 Å². The third kappa shape index (κ3) is 9.23. The molecular formula is C11H21N3O. The highest BCUT2D eigenvalue weighted by molar-refractivity contribution is 5.73. The molecule has 0 spiro atoms. The molecule has 0 bridgehead atoms. The second-order valence-corrected chi connectivity index (χ2v) is 4.57. The normalized spacial score (nSPS) is 11.0. The fourth-order valence-corrected chi connectivity index (χ4v) is 1.30. The fraction of sp³-hybridized carbons (Fsp3) is 0.818. The van der Waals surface area contributed by atoms with Gasteiger partial charge in [0.25, 0.3) is 0 Å². The van der Waals surface area contributed by atoms with Gasteiger partial charge in [0, 0.05) is 19.4 Å². The van der Waals surface area contributed by atoms with Crippen LogP contribution in [0.1, 0.15) is 39.5 Å². The van der Waals surface area contributed by atoms with Gasteiger partial charge < -0.3 is 11.1 Å². The van der Waals surface area contributed by atoms with E-state index in [1.807, 2.05) is 0 Å². The molecule has 0 atom stereocenters. The van der Waals surface area contributed by atoms with Gasteiger partial charge in [-0.25, -0.2) is 0 Å². The van der Waals surface area contributed by atoms with Gasteiger partial charge in [-0.2, -0.15) is 5.26 Å². The number of hydrogen-bond acceptors (Lipinski definition) is 3. The van der Waals surface area contributed by atoms with Crippen molar-refractivity contribution < 1.29 is 4.79 Å². The molecule has 0 aromatic carbocycles. The van der Waals surface area contributed by atoms with Crippen LogP contribution in [0.3, 0.4) is 0 Å². The van der Waals surface area contributed by atoms with Crippen molar-refractivity contribution in [2.24, 2.45) is 11.1 Å². The fourth-order valence-electron chi connectivity index (χ4n) is 1.30. The number of rotatable bonds is 8. The van der Waals surface area contributed by atoms with Crippen LogP contribution in [0, 0.1) is 16.7 Å². The Morgan fingerprint density at radius 2 is 2.20 bits per heavy atom. The molecule has 0 rings (SSSR count). The summed E-state index contributed by atoms with van der Waals surface area (Å²) in [4.78, 5) is 10.5. The Kier molecular flexibility index (Phi) is 6.72. The Labute approximate surface area is 91.8 Å². The Balaban J connectivity index is 3.49. The first-order valence-electron chi connectivity index (χ1n) is 5.34. The van der Waals surface area contributed by atoms with Crippen molar-refractivity contribution in [2.75, 3.05) is 13.1 Å². The maximum Gasteiger partial charge on any atom is 0.217 e. The van der Waals surface area contributed by atoms with Crippen molar-refractivity contribution in [2.45, 2.75) is 39.5 Å². The molecule has 0 unspecified atom stereocenters. The highest BCUT2D eigenvalue weighted by Gasteiger charge is 2.16. The molecule has 1 amide bonds. The molecule has 15 heavy (non-hydrogen) atoms. The average Bonchev–Trinajstić information content (AvgIpc) is 2.14. The van der Waals surface area contributed by atoms with E-state index in [4.69, 9.17) is 11.0 Å². The Morgan fingerprint density at radius 1 is 1.53 bits per heavy atom. The summed E-state index contributed by atoms with van der Waals surface area (Å²) < 4.78 is 0. The van der Waals surface area contributed by atoms with Crippen LogP contribution in [0.2, 0.25) is 0 Å². The van der Waals surface area contributed by atoms with Gasteiger partial charge in [-0.1, -0.05) is 13.8 Å². The molecular weight excluding hydrogens is 190 g/mol. The average molecular weight is 211 g/mol. The van der Waals surface area contributed by atoms with Crippen LogP contribution in [-0.4, -0.2) is 19.0 Å². The predicted octanol–water partition coefficient (Wildman–Crippen LogP) is 1.17. The van der Waals surface area contributed by atoms with Crippen molar-refractivity contribution in [3.63, 3.8) is 0 Å². The summed E-state index contributed by atoms with van der Waals surface area (Å²) in [6, 6.07) is 2.15. The van der Waals surface area contributed by atoms with Gasteiger partial charge in [-0.05, 0) is 24.8 Å². The van der Waals surface area contributed by atoms with E-state index in [0.717, 1.165) is 25.9 Å². The first-order valence-corrected chi connectivity index (χ1v) is 5.34. The molecule has 0 aromatic rings. The second-order valence-electron chi connectivity index (χ2n) is 4.57. The first kappa shape index (κ1) is 13.9. The van der Waals surface area contributed by atoms with E-state index in [9.17, 15) is 4.79 Å². The lowest BCUT2D eigenvalue weighted by molar-refractivity contribution is -0.118. The Hall–Kier alpha value is -1.08. The molecule has 0 aromatic heterocycles. The molecule has 0 radical (unpaired) electrons. The first-order chi connectivity index (χ1) is 6.98. The van der Waals surface area contributed by atoms with Gasteiger partial charge in [-0.15, -0.1) is 0 Å². The summed E-state index contributed by atoms with van der Waals surface area (Å²) in [6.45, 7) is 5.93. The maximum absolute atomic E-state index is 10.5. The number of amides is 1. The van der Waals surface area contributed by atoms with Crippen LogP contribution in [-0.2, 0) is 4.79 Å². The minimum Gasteiger partial charge on any atom is -0.370 e. The lowest BCUT2D eigenvalue weighted by Crippen LogP contribution is -2.30. The van der Waals surface area contributed by atoms with Crippen LogP contribution >= 0.6 is 0 Å². The summed E-state index contributed by atoms with van der Waals surface area (Å²) in [5.41, 5.74) is 5.16. The number of hydrogen-bond donors (Lipinski definition) is 2. The molecule has 3 N–H and O–H groups in total. The maximum atomic E-state index is 10.5. The molecule has 0 saturated carbocycles. The molecule has 4 nitrogen and oxygen atoms in total. The standard InChI is InChI=1S/C11H21N3O/c1-11(2,6-4-7-12)9-14-8-3-5-10(13)15/h14H,3-6,8-9H2,1-2H3,(H2,13,15). The topological polar surface area (TPSA) is 78.9 Å². The van der Waals surface area contributed by atoms with E-state index < -0.39 is 0 Å². The van der Waals surface area contributed by atoms with Gasteiger partial charge in [0.15, 0.2) is 0 Å². The highest BCUT2D eigenvalue weighted by Crippen LogP contribution is 2.20. The van der Waals surface area contributed by atoms with E-state index in [1.54, 1.807) is 0 Å². The van der Waals surface area contributed by atoms with Crippen molar-refractivity contribution in [3.8, 4) is 6.07 Å². The zero-order valence-electron chi connectivity index (χ0n) is 9.68. The number of carbonyl (C=O) groups excluding carboxylic acids is 1. The van der Waals surface area contributed by atoms with Crippen molar-refractivity contribution in [1.82, 2.24) is 5.32 Å². The predicted molar refractivity (Wildman–Crippen MR) is 59.9 cm³/mol. The molecule has 0 heterocycles. The van der Waals surface area contributed by atoms with Gasteiger partial charge in [-0.3, -0.25) is 4.79 Å². The van der Waals surface area contributed by atoms with Gasteiger partial charge in [0.1, 0.15) is 0 Å². The summed E-state index contributed by atoms with van der Waals surface area (Å²) in [7, 11) is 0. The molecule has 86 valence electrons. The zero-order valence-corrected chi connectivity index (χ0v) is 9.68. The van der Waals surface area contributed by atoms with Crippen LogP contribution in [0.25, 0.3) is 0 Å². The highest BCUT2D eigenvalue weighted by atomic mass is 16.1. The second kappa shape index (κ2) is 7.24. The van der Waals surface area contributed by atoms with Crippen LogP contribution in [0.4, 0.5) is 0 Å². The molecule has 0 fully saturated rings. The van der Waals surface area contributed by atoms with E-state index >= 15 is 0 Å². The van der Waals surface area contributed by atoms with E-state index in [-0.39, 0.29) is 11.3 Å². The van der Waals surface area contributed by atoms with Crippen molar-refractivity contribution in [3.05, 3.63) is 0 Å². The molecule has 0 aliphatic carbocycles. The third-order valence-electron chi connectivity index (χ3n) is 2.29. The number of nitrogens with one attached hydrogen (secondary N) is 1. The molecule has 0 aliphatic rings. The number of nitrogens with zero attached hydrogens (tertiary/aromatic N) is 1. The summed E-state index contributed by atoms with van der Waals surface area (Å²) in [5.74, 6) is -0.249. The lowest BCUT2D eigenvalue weighted by Gasteiger charge is -2.23. The number of nitriles is 1. The van der Waals surface area contributed by atoms with Gasteiger partial charge in [0.2, 0.25) is 5.91 Å². The largest absolute Gasteiger partial charge is 0.370 e. The molecule has 4 heteroatoms. The molecule has 0 saturated heterocycles. The van der Waals surface area contributed by atoms with Crippen molar-refractivity contribution >= 4 is 5.91 Å². The number of nitrogens with two attached hydrogens (primary N) is 1. The zero-order chi connectivity index (χ0) is 11.7. The number of primary amides is 1. The van der Waals surface area contributed by atoms with Gasteiger partial charge >= 0.3 is 0 Å². The Morgan fingerprint density at radius 3 is 2.73 bits per heavy atom. The van der Waals surface area contributed by atoms with Crippen LogP contribution in [0.15, 0.2) is 0 Å². The summed E-state index contributed by atoms with van der Waals surface area (Å²) in [5, 5.41) is 11.8. The lowest BCUT2D eigenvalue weighted by atomic mass is 9.88. The molecule has 0 aliphatic heterocycles.